The molecule has 2 N–H and O–H groups in total. The maximum absolute atomic E-state index is 13.4. The fraction of sp³-hybridized carbons (Fsp3) is 0.588. The van der Waals surface area contributed by atoms with Crippen LogP contribution < -0.4 is 10.6 Å². The Balaban J connectivity index is 0.00000264. The van der Waals surface area contributed by atoms with Crippen molar-refractivity contribution >= 4 is 29.9 Å². The van der Waals surface area contributed by atoms with Gasteiger partial charge in [0.15, 0.2) is 5.96 Å². The molecule has 1 aromatic rings. The molecule has 2 rings (SSSR count). The van der Waals surface area contributed by atoms with Crippen LogP contribution in [0.3, 0.4) is 0 Å². The van der Waals surface area contributed by atoms with Crippen molar-refractivity contribution in [2.45, 2.75) is 31.6 Å². The Morgan fingerprint density at radius 3 is 2.74 bits per heavy atom. The van der Waals surface area contributed by atoms with Gasteiger partial charge in [0.25, 0.3) is 0 Å². The summed E-state index contributed by atoms with van der Waals surface area (Å²) < 4.78 is 18.7. The van der Waals surface area contributed by atoms with E-state index in [-0.39, 0.29) is 35.2 Å². The third-order valence-corrected chi connectivity index (χ3v) is 4.07. The van der Waals surface area contributed by atoms with Gasteiger partial charge in [-0.25, -0.2) is 4.39 Å². The van der Waals surface area contributed by atoms with Crippen molar-refractivity contribution in [1.82, 2.24) is 10.6 Å². The highest BCUT2D eigenvalue weighted by atomic mass is 127. The zero-order chi connectivity index (χ0) is 15.8. The van der Waals surface area contributed by atoms with Crippen LogP contribution in [0.15, 0.2) is 29.3 Å². The maximum atomic E-state index is 13.4. The molecular formula is C17H27FIN3O. The van der Waals surface area contributed by atoms with Gasteiger partial charge >= 0.3 is 0 Å². The Morgan fingerprint density at radius 2 is 2.13 bits per heavy atom. The summed E-state index contributed by atoms with van der Waals surface area (Å²) >= 11 is 0. The van der Waals surface area contributed by atoms with E-state index >= 15 is 0 Å². The summed E-state index contributed by atoms with van der Waals surface area (Å²) in [5.41, 5.74) is 1.14. The van der Waals surface area contributed by atoms with E-state index in [1.54, 1.807) is 19.2 Å². The lowest BCUT2D eigenvalue weighted by molar-refractivity contribution is 0.145. The molecular weight excluding hydrogens is 408 g/mol. The van der Waals surface area contributed by atoms with Crippen LogP contribution in [0.5, 0.6) is 0 Å². The van der Waals surface area contributed by atoms with Crippen LogP contribution in [0.25, 0.3) is 0 Å². The highest BCUT2D eigenvalue weighted by Gasteiger charge is 2.44. The Hall–Kier alpha value is -0.890. The third-order valence-electron chi connectivity index (χ3n) is 4.07. The van der Waals surface area contributed by atoms with E-state index in [0.29, 0.717) is 0 Å². The molecule has 0 spiro atoms. The van der Waals surface area contributed by atoms with Crippen molar-refractivity contribution in [3.05, 3.63) is 35.6 Å². The molecule has 0 saturated heterocycles. The number of aliphatic imine (C=N–C) groups is 1. The Kier molecular flexibility index (Phi) is 8.83. The number of nitrogens with zero attached hydrogens (tertiary/aromatic N) is 1. The molecule has 0 heterocycles. The first kappa shape index (κ1) is 20.2. The molecule has 1 saturated carbocycles. The molecule has 1 aliphatic carbocycles. The molecule has 0 aliphatic heterocycles. The van der Waals surface area contributed by atoms with Gasteiger partial charge in [-0.2, -0.15) is 0 Å². The first-order chi connectivity index (χ1) is 10.7. The van der Waals surface area contributed by atoms with Gasteiger partial charge in [0.1, 0.15) is 5.82 Å². The molecule has 1 aliphatic rings. The fourth-order valence-electron chi connectivity index (χ4n) is 2.54. The van der Waals surface area contributed by atoms with Crippen LogP contribution >= 0.6 is 24.0 Å². The minimum atomic E-state index is -0.165. The fourth-order valence-corrected chi connectivity index (χ4v) is 2.54. The molecule has 130 valence electrons. The van der Waals surface area contributed by atoms with Crippen LogP contribution in [0.4, 0.5) is 4.39 Å². The number of nitrogens with one attached hydrogen (secondary N) is 2. The lowest BCUT2D eigenvalue weighted by Crippen LogP contribution is -2.41. The van der Waals surface area contributed by atoms with Crippen LogP contribution in [-0.4, -0.2) is 39.3 Å². The lowest BCUT2D eigenvalue weighted by atomic mass is 9.96. The minimum absolute atomic E-state index is 0. The van der Waals surface area contributed by atoms with Crippen molar-refractivity contribution in [1.29, 1.82) is 0 Å². The summed E-state index contributed by atoms with van der Waals surface area (Å²) in [7, 11) is 1.76. The average Bonchev–Trinajstić information content (AvgIpc) is 3.31. The molecule has 6 heteroatoms. The van der Waals surface area contributed by atoms with Gasteiger partial charge in [-0.15, -0.1) is 24.0 Å². The van der Waals surface area contributed by atoms with Gasteiger partial charge in [-0.3, -0.25) is 4.99 Å². The van der Waals surface area contributed by atoms with Gasteiger partial charge in [0, 0.05) is 38.8 Å². The highest BCUT2D eigenvalue weighted by Crippen LogP contribution is 2.47. The average molecular weight is 435 g/mol. The van der Waals surface area contributed by atoms with Crippen LogP contribution in [0, 0.1) is 5.82 Å². The number of halogens is 2. The Labute approximate surface area is 155 Å². The topological polar surface area (TPSA) is 45.6 Å². The van der Waals surface area contributed by atoms with E-state index in [1.165, 1.54) is 6.07 Å². The van der Waals surface area contributed by atoms with E-state index in [0.717, 1.165) is 57.1 Å². The van der Waals surface area contributed by atoms with E-state index in [9.17, 15) is 4.39 Å². The van der Waals surface area contributed by atoms with E-state index in [2.05, 4.69) is 15.6 Å². The summed E-state index contributed by atoms with van der Waals surface area (Å²) in [6, 6.07) is 6.93. The van der Waals surface area contributed by atoms with Gasteiger partial charge in [-0.1, -0.05) is 12.1 Å². The summed E-state index contributed by atoms with van der Waals surface area (Å²) in [5, 5.41) is 6.63. The Bertz CT molecular complexity index is 506. The van der Waals surface area contributed by atoms with E-state index in [1.807, 2.05) is 13.0 Å². The predicted molar refractivity (Wildman–Crippen MR) is 103 cm³/mol. The standard InChI is InChI=1S/C17H26FN3O.HI/c1-3-22-11-5-10-20-16(19-2)21-13-17(8-9-17)14-6-4-7-15(18)12-14;/h4,6-7,12H,3,5,8-11,13H2,1-2H3,(H2,19,20,21);1H. The maximum Gasteiger partial charge on any atom is 0.191 e. The quantitative estimate of drug-likeness (QED) is 0.286. The molecule has 0 unspecified atom stereocenters. The molecule has 4 nitrogen and oxygen atoms in total. The number of hydrogen-bond donors (Lipinski definition) is 2. The zero-order valence-electron chi connectivity index (χ0n) is 13.9. The van der Waals surface area contributed by atoms with Crippen molar-refractivity contribution in [2.75, 3.05) is 33.4 Å². The number of ether oxygens (including phenoxy) is 1. The second kappa shape index (κ2) is 10.1. The predicted octanol–water partition coefficient (Wildman–Crippen LogP) is 3.07. The molecule has 0 radical (unpaired) electrons. The second-order valence-corrected chi connectivity index (χ2v) is 5.69. The third kappa shape index (κ3) is 6.25. The molecule has 1 aromatic carbocycles. The first-order valence-corrected chi connectivity index (χ1v) is 7.98. The number of guanidine groups is 1. The lowest BCUT2D eigenvalue weighted by Gasteiger charge is -2.19. The van der Waals surface area contributed by atoms with E-state index < -0.39 is 0 Å². The molecule has 1 fully saturated rings. The summed E-state index contributed by atoms with van der Waals surface area (Å²) in [6.07, 6.45) is 3.12. The van der Waals surface area contributed by atoms with Crippen molar-refractivity contribution in [3.63, 3.8) is 0 Å². The molecule has 0 atom stereocenters. The highest BCUT2D eigenvalue weighted by molar-refractivity contribution is 14.0. The van der Waals surface area contributed by atoms with Crippen molar-refractivity contribution in [3.8, 4) is 0 Å². The SMILES string of the molecule is CCOCCCNC(=NC)NCC1(c2cccc(F)c2)CC1.I. The smallest absolute Gasteiger partial charge is 0.191 e. The summed E-state index contributed by atoms with van der Waals surface area (Å²) in [6.45, 7) is 5.11. The summed E-state index contributed by atoms with van der Waals surface area (Å²) in [5.74, 6) is 0.626. The zero-order valence-corrected chi connectivity index (χ0v) is 16.2. The van der Waals surface area contributed by atoms with Crippen LogP contribution in [-0.2, 0) is 10.2 Å². The number of hydrogen-bond acceptors (Lipinski definition) is 2. The van der Waals surface area contributed by atoms with E-state index in [4.69, 9.17) is 4.74 Å². The minimum Gasteiger partial charge on any atom is -0.382 e. The summed E-state index contributed by atoms with van der Waals surface area (Å²) in [4.78, 5) is 4.23. The second-order valence-electron chi connectivity index (χ2n) is 5.69. The normalized spacial score (nSPS) is 15.7. The Morgan fingerprint density at radius 1 is 1.35 bits per heavy atom. The van der Waals surface area contributed by atoms with Gasteiger partial charge in [0.2, 0.25) is 0 Å². The molecule has 0 bridgehead atoms. The van der Waals surface area contributed by atoms with Gasteiger partial charge in [0.05, 0.1) is 0 Å². The molecule has 0 aromatic heterocycles. The molecule has 23 heavy (non-hydrogen) atoms. The van der Waals surface area contributed by atoms with Crippen LogP contribution in [0.1, 0.15) is 31.7 Å². The first-order valence-electron chi connectivity index (χ1n) is 7.98. The number of benzene rings is 1. The van der Waals surface area contributed by atoms with Crippen molar-refractivity contribution < 1.29 is 9.13 Å². The monoisotopic (exact) mass is 435 g/mol. The van der Waals surface area contributed by atoms with Gasteiger partial charge < -0.3 is 15.4 Å². The van der Waals surface area contributed by atoms with Gasteiger partial charge in [-0.05, 0) is 43.9 Å². The molecule has 0 amide bonds. The number of rotatable bonds is 8. The largest absolute Gasteiger partial charge is 0.382 e. The van der Waals surface area contributed by atoms with Crippen LogP contribution in [0.2, 0.25) is 0 Å². The van der Waals surface area contributed by atoms with Crippen molar-refractivity contribution in [2.24, 2.45) is 4.99 Å².